The van der Waals surface area contributed by atoms with Crippen LogP contribution in [0, 0.1) is 5.82 Å². The number of rotatable bonds is 4. The first-order chi connectivity index (χ1) is 11.9. The summed E-state index contributed by atoms with van der Waals surface area (Å²) in [6, 6.07) is 4.65. The molecule has 25 heavy (non-hydrogen) atoms. The second-order valence-corrected chi connectivity index (χ2v) is 6.37. The van der Waals surface area contributed by atoms with E-state index in [1.165, 1.54) is 20.7 Å². The summed E-state index contributed by atoms with van der Waals surface area (Å²) in [5, 5.41) is 0.250. The molecule has 0 saturated heterocycles. The van der Waals surface area contributed by atoms with Crippen LogP contribution in [0.25, 0.3) is 17.0 Å². The Labute approximate surface area is 147 Å². The molecule has 0 aliphatic carbocycles. The molecule has 130 valence electrons. The van der Waals surface area contributed by atoms with Crippen molar-refractivity contribution in [2.24, 2.45) is 0 Å². The van der Waals surface area contributed by atoms with Crippen LogP contribution >= 0.6 is 12.3 Å². The van der Waals surface area contributed by atoms with E-state index in [1.807, 2.05) is 13.8 Å². The number of halogens is 2. The molecule has 3 heterocycles. The van der Waals surface area contributed by atoms with Crippen LogP contribution in [0.4, 0.5) is 14.0 Å². The lowest BCUT2D eigenvalue weighted by Gasteiger charge is -2.08. The predicted molar refractivity (Wildman–Crippen MR) is 97.3 cm³/mol. The van der Waals surface area contributed by atoms with Crippen molar-refractivity contribution in [2.75, 3.05) is 5.73 Å². The van der Waals surface area contributed by atoms with Crippen LogP contribution < -0.4 is 11.3 Å². The van der Waals surface area contributed by atoms with Crippen LogP contribution in [0.1, 0.15) is 25.2 Å². The lowest BCUT2D eigenvalue weighted by molar-refractivity contribution is 0.634. The number of allylic oxidation sites excluding steroid dienone is 1. The number of fused-ring (bicyclic) bond motifs is 1. The van der Waals surface area contributed by atoms with Gasteiger partial charge in [-0.3, -0.25) is 13.8 Å². The number of pyridine rings is 2. The SMILES string of the molecule is CC(C)=Cc1ncc(F)c2cc(Cn3cccc(N)c3=O)n(SF)c12. The van der Waals surface area contributed by atoms with Gasteiger partial charge in [-0.1, -0.05) is 5.57 Å². The minimum absolute atomic E-state index is 0.0550. The van der Waals surface area contributed by atoms with Crippen LogP contribution in [0.5, 0.6) is 0 Å². The fourth-order valence-corrected chi connectivity index (χ4v) is 3.11. The zero-order chi connectivity index (χ0) is 18.1. The Kier molecular flexibility index (Phi) is 4.63. The van der Waals surface area contributed by atoms with Crippen LogP contribution in [0.3, 0.4) is 0 Å². The van der Waals surface area contributed by atoms with Gasteiger partial charge in [-0.2, -0.15) is 0 Å². The lowest BCUT2D eigenvalue weighted by atomic mass is 10.2. The van der Waals surface area contributed by atoms with Crippen molar-refractivity contribution in [2.45, 2.75) is 20.4 Å². The monoisotopic (exact) mass is 362 g/mol. The molecule has 0 saturated carbocycles. The first-order valence-corrected chi connectivity index (χ1v) is 8.17. The molecule has 0 radical (unpaired) electrons. The van der Waals surface area contributed by atoms with E-state index < -0.39 is 5.82 Å². The number of hydrogen-bond donors (Lipinski definition) is 1. The Balaban J connectivity index is 2.23. The van der Waals surface area contributed by atoms with Crippen molar-refractivity contribution < 1.29 is 8.28 Å². The zero-order valence-electron chi connectivity index (χ0n) is 13.7. The van der Waals surface area contributed by atoms with Gasteiger partial charge in [0.15, 0.2) is 18.2 Å². The highest BCUT2D eigenvalue weighted by atomic mass is 32.2. The van der Waals surface area contributed by atoms with Crippen molar-refractivity contribution >= 4 is 35.0 Å². The third-order valence-electron chi connectivity index (χ3n) is 3.72. The van der Waals surface area contributed by atoms with E-state index in [1.54, 1.807) is 18.3 Å². The number of hydrogen-bond acceptors (Lipinski definition) is 4. The van der Waals surface area contributed by atoms with Gasteiger partial charge in [0.05, 0.1) is 35.3 Å². The number of nitrogen functional groups attached to an aromatic ring is 1. The van der Waals surface area contributed by atoms with Crippen molar-refractivity contribution in [3.05, 3.63) is 63.7 Å². The summed E-state index contributed by atoms with van der Waals surface area (Å²) in [7, 11) is 0. The van der Waals surface area contributed by atoms with Gasteiger partial charge in [0, 0.05) is 11.6 Å². The van der Waals surface area contributed by atoms with Gasteiger partial charge in [-0.05, 0) is 38.1 Å². The second-order valence-electron chi connectivity index (χ2n) is 5.87. The molecule has 0 fully saturated rings. The quantitative estimate of drug-likeness (QED) is 0.767. The van der Waals surface area contributed by atoms with Gasteiger partial charge < -0.3 is 10.3 Å². The van der Waals surface area contributed by atoms with Gasteiger partial charge >= 0.3 is 0 Å². The maximum atomic E-state index is 14.2. The van der Waals surface area contributed by atoms with Gasteiger partial charge in [0.1, 0.15) is 0 Å². The van der Waals surface area contributed by atoms with E-state index in [-0.39, 0.29) is 35.5 Å². The second kappa shape index (κ2) is 6.72. The minimum atomic E-state index is -0.546. The summed E-state index contributed by atoms with van der Waals surface area (Å²) in [6.07, 6.45) is 4.42. The molecule has 0 unspecified atom stereocenters. The van der Waals surface area contributed by atoms with E-state index in [4.69, 9.17) is 5.73 Å². The molecule has 3 aromatic heterocycles. The Hall–Kier alpha value is -2.61. The van der Waals surface area contributed by atoms with Gasteiger partial charge in [0.2, 0.25) is 0 Å². The summed E-state index contributed by atoms with van der Waals surface area (Å²) in [5.41, 5.74) is 7.51. The molecule has 0 aliphatic heterocycles. The number of nitrogens with zero attached hydrogens (tertiary/aromatic N) is 3. The van der Waals surface area contributed by atoms with Crippen molar-refractivity contribution in [3.63, 3.8) is 0 Å². The average Bonchev–Trinajstić information content (AvgIpc) is 2.93. The van der Waals surface area contributed by atoms with Crippen LogP contribution in [0.15, 0.2) is 41.0 Å². The summed E-state index contributed by atoms with van der Waals surface area (Å²) in [4.78, 5) is 16.2. The van der Waals surface area contributed by atoms with Gasteiger partial charge in [-0.15, -0.1) is 3.89 Å². The van der Waals surface area contributed by atoms with Crippen molar-refractivity contribution in [1.29, 1.82) is 0 Å². The molecule has 0 atom stereocenters. The first kappa shape index (κ1) is 17.2. The highest BCUT2D eigenvalue weighted by molar-refractivity contribution is 7.93. The molecule has 0 bridgehead atoms. The van der Waals surface area contributed by atoms with Gasteiger partial charge in [-0.25, -0.2) is 4.39 Å². The van der Waals surface area contributed by atoms with E-state index in [0.29, 0.717) is 16.9 Å². The van der Waals surface area contributed by atoms with E-state index in [9.17, 15) is 13.1 Å². The summed E-state index contributed by atoms with van der Waals surface area (Å²) in [6.45, 7) is 3.81. The molecule has 3 aromatic rings. The molecule has 2 N–H and O–H groups in total. The topological polar surface area (TPSA) is 65.8 Å². The molecule has 3 rings (SSSR count). The third kappa shape index (κ3) is 3.17. The van der Waals surface area contributed by atoms with Crippen LogP contribution in [-0.2, 0) is 6.54 Å². The summed E-state index contributed by atoms with van der Waals surface area (Å²) in [5.74, 6) is -0.546. The summed E-state index contributed by atoms with van der Waals surface area (Å²) >= 11 is -0.0550. The fraction of sp³-hybridized carbons (Fsp3) is 0.176. The molecule has 0 aromatic carbocycles. The molecule has 8 heteroatoms. The summed E-state index contributed by atoms with van der Waals surface area (Å²) < 4.78 is 30.5. The Morgan fingerprint density at radius 2 is 2.20 bits per heavy atom. The van der Waals surface area contributed by atoms with Crippen LogP contribution in [0.2, 0.25) is 0 Å². The Bertz CT molecular complexity index is 1040. The van der Waals surface area contributed by atoms with E-state index >= 15 is 0 Å². The highest BCUT2D eigenvalue weighted by Gasteiger charge is 2.17. The number of aromatic nitrogens is 3. The molecule has 5 nitrogen and oxygen atoms in total. The Morgan fingerprint density at radius 3 is 2.88 bits per heavy atom. The lowest BCUT2D eigenvalue weighted by Crippen LogP contribution is -2.23. The standard InChI is InChI=1S/C17H16F2N4OS/c1-10(2)6-15-16-12(13(18)8-21-15)7-11(23(16)25-19)9-22-5-3-4-14(20)17(22)24/h3-8H,9,20H2,1-2H3. The molecule has 0 spiro atoms. The average molecular weight is 362 g/mol. The maximum Gasteiger partial charge on any atom is 0.274 e. The first-order valence-electron chi connectivity index (χ1n) is 7.50. The Morgan fingerprint density at radius 1 is 1.44 bits per heavy atom. The van der Waals surface area contributed by atoms with Gasteiger partial charge in [0.25, 0.3) is 5.56 Å². The van der Waals surface area contributed by atoms with Crippen molar-refractivity contribution in [3.8, 4) is 0 Å². The fourth-order valence-electron chi connectivity index (χ4n) is 2.65. The number of nitrogens with two attached hydrogens (primary N) is 1. The smallest absolute Gasteiger partial charge is 0.274 e. The minimum Gasteiger partial charge on any atom is -0.394 e. The zero-order valence-corrected chi connectivity index (χ0v) is 14.5. The molecule has 0 aliphatic rings. The molecular weight excluding hydrogens is 346 g/mol. The van der Waals surface area contributed by atoms with Crippen LogP contribution in [-0.4, -0.2) is 13.5 Å². The number of anilines is 1. The highest BCUT2D eigenvalue weighted by Crippen LogP contribution is 2.30. The van der Waals surface area contributed by atoms with E-state index in [0.717, 1.165) is 11.8 Å². The maximum absolute atomic E-state index is 14.2. The van der Waals surface area contributed by atoms with Crippen molar-refractivity contribution in [1.82, 2.24) is 13.5 Å². The largest absolute Gasteiger partial charge is 0.394 e. The third-order valence-corrected chi connectivity index (χ3v) is 4.28. The van der Waals surface area contributed by atoms with E-state index in [2.05, 4.69) is 4.98 Å². The normalized spacial score (nSPS) is 11.0. The predicted octanol–water partition coefficient (Wildman–Crippen LogP) is 3.77. The molecule has 0 amide bonds. The molecular formula is C17H16F2N4OS.